The number of nitrogens with zero attached hydrogens (tertiary/aromatic N) is 1. The molecule has 2 aromatic rings. The van der Waals surface area contributed by atoms with Crippen LogP contribution in [0.25, 0.3) is 11.1 Å². The quantitative estimate of drug-likeness (QED) is 0.878. The number of carbonyl (C=O) groups is 1. The molecule has 0 unspecified atom stereocenters. The fourth-order valence-electron chi connectivity index (χ4n) is 1.69. The third-order valence-electron chi connectivity index (χ3n) is 2.43. The summed E-state index contributed by atoms with van der Waals surface area (Å²) in [6, 6.07) is 8.49. The molecule has 0 amide bonds. The fourth-order valence-corrected chi connectivity index (χ4v) is 1.69. The topological polar surface area (TPSA) is 59.4 Å². The lowest BCUT2D eigenvalue weighted by Crippen LogP contribution is -2.01. The van der Waals surface area contributed by atoms with Crippen molar-refractivity contribution in [3.63, 3.8) is 0 Å². The molecule has 0 aliphatic heterocycles. The molecule has 4 heteroatoms. The van der Waals surface area contributed by atoms with E-state index >= 15 is 0 Å². The Hall–Kier alpha value is -2.36. The second-order valence-electron chi connectivity index (χ2n) is 3.43. The molecule has 0 fully saturated rings. The molecule has 0 bridgehead atoms. The zero-order chi connectivity index (χ0) is 12.3. The lowest BCUT2D eigenvalue weighted by molar-refractivity contribution is 0.0697. The number of hydrogen-bond acceptors (Lipinski definition) is 3. The summed E-state index contributed by atoms with van der Waals surface area (Å²) < 4.78 is 5.20. The van der Waals surface area contributed by atoms with Gasteiger partial charge in [-0.05, 0) is 18.2 Å². The van der Waals surface area contributed by atoms with E-state index in [-0.39, 0.29) is 5.56 Å². The first kappa shape index (κ1) is 11.1. The SMILES string of the molecule is COc1cccc(C(=O)O)c1-c1cccnc1. The Morgan fingerprint density at radius 1 is 1.29 bits per heavy atom. The van der Waals surface area contributed by atoms with E-state index in [1.165, 1.54) is 7.11 Å². The molecule has 1 aromatic carbocycles. The van der Waals surface area contributed by atoms with Crippen LogP contribution >= 0.6 is 0 Å². The molecule has 0 saturated heterocycles. The highest BCUT2D eigenvalue weighted by Crippen LogP contribution is 2.32. The van der Waals surface area contributed by atoms with Gasteiger partial charge < -0.3 is 9.84 Å². The van der Waals surface area contributed by atoms with Crippen LogP contribution in [0.1, 0.15) is 10.4 Å². The second kappa shape index (κ2) is 4.65. The number of rotatable bonds is 3. The van der Waals surface area contributed by atoms with E-state index in [2.05, 4.69) is 4.98 Å². The summed E-state index contributed by atoms with van der Waals surface area (Å²) in [7, 11) is 1.51. The Morgan fingerprint density at radius 2 is 2.12 bits per heavy atom. The molecule has 0 aliphatic rings. The van der Waals surface area contributed by atoms with Crippen LogP contribution in [-0.4, -0.2) is 23.2 Å². The van der Waals surface area contributed by atoms with Gasteiger partial charge in [-0.25, -0.2) is 4.79 Å². The van der Waals surface area contributed by atoms with Crippen LogP contribution in [0.4, 0.5) is 0 Å². The van der Waals surface area contributed by atoms with Gasteiger partial charge in [-0.1, -0.05) is 12.1 Å². The molecule has 1 N–H and O–H groups in total. The highest BCUT2D eigenvalue weighted by Gasteiger charge is 2.16. The van der Waals surface area contributed by atoms with Gasteiger partial charge in [-0.15, -0.1) is 0 Å². The van der Waals surface area contributed by atoms with Gasteiger partial charge in [0.1, 0.15) is 5.75 Å². The lowest BCUT2D eigenvalue weighted by atomic mass is 10.00. The first-order valence-electron chi connectivity index (χ1n) is 5.04. The van der Waals surface area contributed by atoms with Crippen LogP contribution in [0.15, 0.2) is 42.7 Å². The smallest absolute Gasteiger partial charge is 0.336 e. The normalized spacial score (nSPS) is 9.94. The predicted molar refractivity (Wildman–Crippen MR) is 63.2 cm³/mol. The molecule has 2 rings (SSSR count). The maximum atomic E-state index is 11.2. The molecule has 0 saturated carbocycles. The van der Waals surface area contributed by atoms with Crippen LogP contribution < -0.4 is 4.74 Å². The Kier molecular flexibility index (Phi) is 3.05. The van der Waals surface area contributed by atoms with Gasteiger partial charge in [0, 0.05) is 23.5 Å². The van der Waals surface area contributed by atoms with E-state index in [1.54, 1.807) is 42.7 Å². The summed E-state index contributed by atoms with van der Waals surface area (Å²) >= 11 is 0. The number of benzene rings is 1. The Bertz CT molecular complexity index is 538. The van der Waals surface area contributed by atoms with E-state index in [4.69, 9.17) is 4.74 Å². The minimum absolute atomic E-state index is 0.206. The molecular formula is C13H11NO3. The number of carboxylic acids is 1. The molecule has 0 radical (unpaired) electrons. The van der Waals surface area contributed by atoms with E-state index in [9.17, 15) is 9.90 Å². The van der Waals surface area contributed by atoms with Crippen LogP contribution in [0.2, 0.25) is 0 Å². The third kappa shape index (κ3) is 2.10. The van der Waals surface area contributed by atoms with Gasteiger partial charge >= 0.3 is 5.97 Å². The van der Waals surface area contributed by atoms with Crippen molar-refractivity contribution in [1.29, 1.82) is 0 Å². The fraction of sp³-hybridized carbons (Fsp3) is 0.0769. The summed E-state index contributed by atoms with van der Waals surface area (Å²) in [5.41, 5.74) is 1.48. The minimum Gasteiger partial charge on any atom is -0.496 e. The zero-order valence-corrected chi connectivity index (χ0v) is 9.25. The Balaban J connectivity index is 2.69. The maximum Gasteiger partial charge on any atom is 0.336 e. The van der Waals surface area contributed by atoms with E-state index in [0.717, 1.165) is 5.56 Å². The van der Waals surface area contributed by atoms with E-state index in [0.29, 0.717) is 11.3 Å². The zero-order valence-electron chi connectivity index (χ0n) is 9.25. The first-order valence-corrected chi connectivity index (χ1v) is 5.04. The monoisotopic (exact) mass is 229 g/mol. The number of methoxy groups -OCH3 is 1. The average molecular weight is 229 g/mol. The molecule has 86 valence electrons. The van der Waals surface area contributed by atoms with Gasteiger partial charge in [0.15, 0.2) is 0 Å². The number of carboxylic acid groups (broad SMARTS) is 1. The summed E-state index contributed by atoms with van der Waals surface area (Å²) in [5, 5.41) is 9.17. The van der Waals surface area contributed by atoms with Gasteiger partial charge in [0.2, 0.25) is 0 Å². The number of aromatic nitrogens is 1. The lowest BCUT2D eigenvalue weighted by Gasteiger charge is -2.11. The maximum absolute atomic E-state index is 11.2. The molecule has 1 aromatic heterocycles. The van der Waals surface area contributed by atoms with Crippen molar-refractivity contribution in [2.75, 3.05) is 7.11 Å². The van der Waals surface area contributed by atoms with Crippen LogP contribution in [0.3, 0.4) is 0 Å². The predicted octanol–water partition coefficient (Wildman–Crippen LogP) is 2.46. The average Bonchev–Trinajstić information content (AvgIpc) is 2.38. The van der Waals surface area contributed by atoms with Gasteiger partial charge in [-0.2, -0.15) is 0 Å². The van der Waals surface area contributed by atoms with Crippen LogP contribution in [0, 0.1) is 0 Å². The largest absolute Gasteiger partial charge is 0.496 e. The van der Waals surface area contributed by atoms with Crippen molar-refractivity contribution in [2.24, 2.45) is 0 Å². The van der Waals surface area contributed by atoms with Crippen LogP contribution in [-0.2, 0) is 0 Å². The summed E-state index contributed by atoms with van der Waals surface area (Å²) in [5.74, 6) is -0.458. The molecule has 0 aliphatic carbocycles. The molecule has 17 heavy (non-hydrogen) atoms. The van der Waals surface area contributed by atoms with Crippen molar-refractivity contribution in [3.05, 3.63) is 48.3 Å². The highest BCUT2D eigenvalue weighted by atomic mass is 16.5. The second-order valence-corrected chi connectivity index (χ2v) is 3.43. The first-order chi connectivity index (χ1) is 8.24. The van der Waals surface area contributed by atoms with Gasteiger partial charge in [-0.3, -0.25) is 4.98 Å². The summed E-state index contributed by atoms with van der Waals surface area (Å²) in [4.78, 5) is 15.2. The number of aromatic carboxylic acids is 1. The van der Waals surface area contributed by atoms with E-state index < -0.39 is 5.97 Å². The number of ether oxygens (including phenoxy) is 1. The van der Waals surface area contributed by atoms with Crippen molar-refractivity contribution in [1.82, 2.24) is 4.98 Å². The minimum atomic E-state index is -0.984. The van der Waals surface area contributed by atoms with E-state index in [1.807, 2.05) is 0 Å². The third-order valence-corrected chi connectivity index (χ3v) is 2.43. The number of hydrogen-bond donors (Lipinski definition) is 1. The van der Waals surface area contributed by atoms with Gasteiger partial charge in [0.05, 0.1) is 12.7 Å². The summed E-state index contributed by atoms with van der Waals surface area (Å²) in [6.07, 6.45) is 3.25. The van der Waals surface area contributed by atoms with Crippen molar-refractivity contribution < 1.29 is 14.6 Å². The van der Waals surface area contributed by atoms with Crippen molar-refractivity contribution >= 4 is 5.97 Å². The molecule has 1 heterocycles. The standard InChI is InChI=1S/C13H11NO3/c1-17-11-6-2-5-10(13(15)16)12(11)9-4-3-7-14-8-9/h2-8H,1H3,(H,15,16). The van der Waals surface area contributed by atoms with Crippen LogP contribution in [0.5, 0.6) is 5.75 Å². The van der Waals surface area contributed by atoms with Crippen molar-refractivity contribution in [3.8, 4) is 16.9 Å². The molecular weight excluding hydrogens is 218 g/mol. The molecule has 0 atom stereocenters. The Morgan fingerprint density at radius 3 is 2.71 bits per heavy atom. The molecule has 0 spiro atoms. The molecule has 4 nitrogen and oxygen atoms in total. The summed E-state index contributed by atoms with van der Waals surface area (Å²) in [6.45, 7) is 0. The van der Waals surface area contributed by atoms with Crippen molar-refractivity contribution in [2.45, 2.75) is 0 Å². The highest BCUT2D eigenvalue weighted by molar-refractivity contribution is 5.97. The Labute approximate surface area is 98.5 Å². The van der Waals surface area contributed by atoms with Gasteiger partial charge in [0.25, 0.3) is 0 Å². The number of pyridine rings is 1.